The van der Waals surface area contributed by atoms with E-state index in [-0.39, 0.29) is 17.9 Å². The van der Waals surface area contributed by atoms with Gasteiger partial charge >= 0.3 is 6.18 Å². The van der Waals surface area contributed by atoms with Crippen LogP contribution in [-0.4, -0.2) is 18.4 Å². The smallest absolute Gasteiger partial charge is 0.376 e. The molecular formula is C17H15F4N3O2. The van der Waals surface area contributed by atoms with Crippen molar-refractivity contribution in [1.29, 1.82) is 0 Å². The maximum atomic E-state index is 13.5. The normalized spacial score (nSPS) is 11.0. The van der Waals surface area contributed by atoms with E-state index >= 15 is 0 Å². The van der Waals surface area contributed by atoms with Gasteiger partial charge in [0.15, 0.2) is 0 Å². The molecule has 0 radical (unpaired) electrons. The molecule has 138 valence electrons. The van der Waals surface area contributed by atoms with Gasteiger partial charge in [0.05, 0.1) is 17.8 Å². The number of rotatable bonds is 5. The van der Waals surface area contributed by atoms with Crippen LogP contribution in [0.1, 0.15) is 12.5 Å². The van der Waals surface area contributed by atoms with E-state index in [1.807, 2.05) is 0 Å². The SMILES string of the molecule is CC(=O)Nc1cc(NCC(=O)Nc2cccc(C(F)(F)F)c2)ccc1F. The van der Waals surface area contributed by atoms with Crippen LogP contribution in [-0.2, 0) is 15.8 Å². The fourth-order valence-electron chi connectivity index (χ4n) is 2.08. The number of hydrogen-bond donors (Lipinski definition) is 3. The van der Waals surface area contributed by atoms with Gasteiger partial charge in [0.2, 0.25) is 11.8 Å². The van der Waals surface area contributed by atoms with Crippen LogP contribution in [0.5, 0.6) is 0 Å². The molecule has 0 aliphatic carbocycles. The molecule has 0 saturated carbocycles. The molecule has 2 amide bonds. The summed E-state index contributed by atoms with van der Waals surface area (Å²) in [5.41, 5.74) is -0.568. The molecule has 0 unspecified atom stereocenters. The largest absolute Gasteiger partial charge is 0.416 e. The highest BCUT2D eigenvalue weighted by Crippen LogP contribution is 2.30. The number of hydrogen-bond acceptors (Lipinski definition) is 3. The lowest BCUT2D eigenvalue weighted by atomic mass is 10.2. The van der Waals surface area contributed by atoms with E-state index in [0.29, 0.717) is 5.69 Å². The first-order valence-electron chi connectivity index (χ1n) is 7.43. The Labute approximate surface area is 146 Å². The number of alkyl halides is 3. The third-order valence-electron chi connectivity index (χ3n) is 3.20. The molecule has 2 aromatic carbocycles. The van der Waals surface area contributed by atoms with Crippen molar-refractivity contribution in [1.82, 2.24) is 0 Å². The van der Waals surface area contributed by atoms with Crippen LogP contribution in [0.3, 0.4) is 0 Å². The highest BCUT2D eigenvalue weighted by Gasteiger charge is 2.30. The zero-order valence-corrected chi connectivity index (χ0v) is 13.6. The van der Waals surface area contributed by atoms with Crippen LogP contribution in [0, 0.1) is 5.82 Å². The quantitative estimate of drug-likeness (QED) is 0.701. The Balaban J connectivity index is 1.98. The fraction of sp³-hybridized carbons (Fsp3) is 0.176. The predicted octanol–water partition coefficient (Wildman–Crippen LogP) is 3.85. The van der Waals surface area contributed by atoms with Crippen molar-refractivity contribution in [2.75, 3.05) is 22.5 Å². The summed E-state index contributed by atoms with van der Waals surface area (Å²) in [5.74, 6) is -1.68. The molecule has 26 heavy (non-hydrogen) atoms. The molecule has 3 N–H and O–H groups in total. The molecule has 2 rings (SSSR count). The standard InChI is InChI=1S/C17H15F4N3O2/c1-10(25)23-15-8-12(5-6-14(15)18)22-9-16(26)24-13-4-2-3-11(7-13)17(19,20)21/h2-8,22H,9H2,1H3,(H,23,25)(H,24,26). The third-order valence-corrected chi connectivity index (χ3v) is 3.20. The van der Waals surface area contributed by atoms with Crippen LogP contribution in [0.2, 0.25) is 0 Å². The van der Waals surface area contributed by atoms with Gasteiger partial charge in [0, 0.05) is 18.3 Å². The molecule has 0 bridgehead atoms. The molecule has 9 heteroatoms. The second-order valence-corrected chi connectivity index (χ2v) is 5.36. The van der Waals surface area contributed by atoms with Crippen molar-refractivity contribution < 1.29 is 27.2 Å². The van der Waals surface area contributed by atoms with Crippen molar-refractivity contribution in [3.8, 4) is 0 Å². The molecule has 0 spiro atoms. The van der Waals surface area contributed by atoms with Crippen molar-refractivity contribution in [2.45, 2.75) is 13.1 Å². The number of carbonyl (C=O) groups excluding carboxylic acids is 2. The summed E-state index contributed by atoms with van der Waals surface area (Å²) in [5, 5.41) is 7.34. The molecule has 0 fully saturated rings. The van der Waals surface area contributed by atoms with Crippen molar-refractivity contribution in [3.05, 3.63) is 53.8 Å². The van der Waals surface area contributed by atoms with Crippen molar-refractivity contribution in [2.24, 2.45) is 0 Å². The molecular weight excluding hydrogens is 354 g/mol. The highest BCUT2D eigenvalue weighted by atomic mass is 19.4. The van der Waals surface area contributed by atoms with E-state index in [2.05, 4.69) is 16.0 Å². The summed E-state index contributed by atoms with van der Waals surface area (Å²) in [6.45, 7) is 0.962. The lowest BCUT2D eigenvalue weighted by Crippen LogP contribution is -2.22. The number of nitrogens with one attached hydrogen (secondary N) is 3. The van der Waals surface area contributed by atoms with Gasteiger partial charge in [-0.2, -0.15) is 13.2 Å². The Morgan fingerprint density at radius 2 is 1.73 bits per heavy atom. The number of anilines is 3. The summed E-state index contributed by atoms with van der Waals surface area (Å²) in [7, 11) is 0. The topological polar surface area (TPSA) is 70.2 Å². The molecule has 0 atom stereocenters. The maximum Gasteiger partial charge on any atom is 0.416 e. The lowest BCUT2D eigenvalue weighted by Gasteiger charge is -2.11. The molecule has 0 aliphatic rings. The Kier molecular flexibility index (Phi) is 5.81. The van der Waals surface area contributed by atoms with Crippen LogP contribution < -0.4 is 16.0 Å². The van der Waals surface area contributed by atoms with E-state index in [9.17, 15) is 27.2 Å². The Morgan fingerprint density at radius 3 is 2.38 bits per heavy atom. The zero-order chi connectivity index (χ0) is 19.3. The van der Waals surface area contributed by atoms with Gasteiger partial charge in [-0.3, -0.25) is 9.59 Å². The van der Waals surface area contributed by atoms with E-state index in [0.717, 1.165) is 18.2 Å². The van der Waals surface area contributed by atoms with Gasteiger partial charge in [-0.15, -0.1) is 0 Å². The van der Waals surface area contributed by atoms with Gasteiger partial charge in [-0.1, -0.05) is 6.07 Å². The first-order chi connectivity index (χ1) is 12.1. The number of halogens is 4. The Hall–Kier alpha value is -3.10. The molecule has 5 nitrogen and oxygen atoms in total. The summed E-state index contributed by atoms with van der Waals surface area (Å²) in [6, 6.07) is 8.01. The molecule has 0 heterocycles. The van der Waals surface area contributed by atoms with E-state index in [4.69, 9.17) is 0 Å². The number of carbonyl (C=O) groups is 2. The molecule has 0 aliphatic heterocycles. The van der Waals surface area contributed by atoms with Crippen LogP contribution >= 0.6 is 0 Å². The zero-order valence-electron chi connectivity index (χ0n) is 13.6. The minimum atomic E-state index is -4.51. The molecule has 0 saturated heterocycles. The molecule has 0 aromatic heterocycles. The Morgan fingerprint density at radius 1 is 1.00 bits per heavy atom. The van der Waals surface area contributed by atoms with Crippen molar-refractivity contribution >= 4 is 28.9 Å². The second-order valence-electron chi connectivity index (χ2n) is 5.36. The Bertz CT molecular complexity index is 822. The van der Waals surface area contributed by atoms with Crippen LogP contribution in [0.4, 0.5) is 34.6 Å². The first kappa shape index (κ1) is 19.2. The van der Waals surface area contributed by atoms with E-state index < -0.39 is 29.4 Å². The average Bonchev–Trinajstić information content (AvgIpc) is 2.54. The van der Waals surface area contributed by atoms with Gasteiger partial charge in [-0.25, -0.2) is 4.39 Å². The summed E-state index contributed by atoms with van der Waals surface area (Å²) < 4.78 is 51.5. The molecule has 2 aromatic rings. The summed E-state index contributed by atoms with van der Waals surface area (Å²) >= 11 is 0. The third kappa shape index (κ3) is 5.47. The van der Waals surface area contributed by atoms with Crippen LogP contribution in [0.25, 0.3) is 0 Å². The highest BCUT2D eigenvalue weighted by molar-refractivity contribution is 5.94. The summed E-state index contributed by atoms with van der Waals surface area (Å²) in [4.78, 5) is 22.9. The van der Waals surface area contributed by atoms with Gasteiger partial charge < -0.3 is 16.0 Å². The fourth-order valence-corrected chi connectivity index (χ4v) is 2.08. The number of benzene rings is 2. The first-order valence-corrected chi connectivity index (χ1v) is 7.43. The van der Waals surface area contributed by atoms with Gasteiger partial charge in [-0.05, 0) is 36.4 Å². The van der Waals surface area contributed by atoms with E-state index in [1.165, 1.54) is 31.2 Å². The van der Waals surface area contributed by atoms with E-state index in [1.54, 1.807) is 0 Å². The second kappa shape index (κ2) is 7.85. The lowest BCUT2D eigenvalue weighted by molar-refractivity contribution is -0.137. The predicted molar refractivity (Wildman–Crippen MR) is 89.3 cm³/mol. The van der Waals surface area contributed by atoms with Crippen LogP contribution in [0.15, 0.2) is 42.5 Å². The number of amides is 2. The maximum absolute atomic E-state index is 13.5. The van der Waals surface area contributed by atoms with Gasteiger partial charge in [0.1, 0.15) is 5.82 Å². The monoisotopic (exact) mass is 369 g/mol. The van der Waals surface area contributed by atoms with Gasteiger partial charge in [0.25, 0.3) is 0 Å². The summed E-state index contributed by atoms with van der Waals surface area (Å²) in [6.07, 6.45) is -4.51. The minimum Gasteiger partial charge on any atom is -0.376 e. The minimum absolute atomic E-state index is 0.00432. The van der Waals surface area contributed by atoms with Crippen molar-refractivity contribution in [3.63, 3.8) is 0 Å². The average molecular weight is 369 g/mol.